The number of hydrogen-bond donors (Lipinski definition) is 1. The van der Waals surface area contributed by atoms with Gasteiger partial charge in [0.25, 0.3) is 0 Å². The van der Waals surface area contributed by atoms with Crippen molar-refractivity contribution in [2.45, 2.75) is 17.9 Å². The second-order valence-corrected chi connectivity index (χ2v) is 7.82. The standard InChI is InChI=1S/C15H23N3O4S/c1-12(18-7-5-17(2)6-8-18)10-16-23(19,20)13-3-4-14-15(9-13)22-11-21-14/h3-4,9,12,16H,5-8,10-11H2,1-2H3/t12-/m1/s1. The van der Waals surface area contributed by atoms with Crippen LogP contribution in [-0.4, -0.2) is 70.8 Å². The average molecular weight is 341 g/mol. The van der Waals surface area contributed by atoms with E-state index in [1.54, 1.807) is 6.07 Å². The second kappa shape index (κ2) is 6.64. The van der Waals surface area contributed by atoms with E-state index in [-0.39, 0.29) is 17.7 Å². The van der Waals surface area contributed by atoms with Crippen molar-refractivity contribution in [2.75, 3.05) is 46.6 Å². The number of benzene rings is 1. The maximum atomic E-state index is 12.4. The molecule has 2 heterocycles. The molecule has 1 saturated heterocycles. The Labute approximate surface area is 137 Å². The first-order valence-electron chi connectivity index (χ1n) is 7.77. The van der Waals surface area contributed by atoms with Gasteiger partial charge >= 0.3 is 0 Å². The molecule has 1 aromatic rings. The minimum Gasteiger partial charge on any atom is -0.454 e. The van der Waals surface area contributed by atoms with Gasteiger partial charge in [0, 0.05) is 44.8 Å². The quantitative estimate of drug-likeness (QED) is 0.832. The SMILES string of the molecule is C[C@H](CNS(=O)(=O)c1ccc2c(c1)OCO2)N1CCN(C)CC1. The number of hydrogen-bond acceptors (Lipinski definition) is 6. The van der Waals surface area contributed by atoms with Crippen molar-refractivity contribution in [3.05, 3.63) is 18.2 Å². The fourth-order valence-corrected chi connectivity index (χ4v) is 3.89. The molecule has 1 fully saturated rings. The van der Waals surface area contributed by atoms with Crippen LogP contribution in [0, 0.1) is 0 Å². The van der Waals surface area contributed by atoms with Crippen molar-refractivity contribution in [2.24, 2.45) is 0 Å². The predicted molar refractivity (Wildman–Crippen MR) is 86.3 cm³/mol. The lowest BCUT2D eigenvalue weighted by molar-refractivity contribution is 0.120. The number of nitrogens with one attached hydrogen (secondary N) is 1. The van der Waals surface area contributed by atoms with Crippen LogP contribution in [0.2, 0.25) is 0 Å². The van der Waals surface area contributed by atoms with Crippen LogP contribution in [0.5, 0.6) is 11.5 Å². The monoisotopic (exact) mass is 341 g/mol. The Bertz CT molecular complexity index is 657. The molecular weight excluding hydrogens is 318 g/mol. The lowest BCUT2D eigenvalue weighted by Gasteiger charge is -2.36. The molecule has 0 amide bonds. The van der Waals surface area contributed by atoms with Crippen LogP contribution in [0.1, 0.15) is 6.92 Å². The number of sulfonamides is 1. The molecule has 128 valence electrons. The lowest BCUT2D eigenvalue weighted by atomic mass is 10.2. The summed E-state index contributed by atoms with van der Waals surface area (Å²) in [5.74, 6) is 1.05. The third-order valence-electron chi connectivity index (χ3n) is 4.38. The number of rotatable bonds is 5. The molecule has 0 spiro atoms. The number of ether oxygens (including phenoxy) is 2. The van der Waals surface area contributed by atoms with Crippen LogP contribution in [0.3, 0.4) is 0 Å². The highest BCUT2D eigenvalue weighted by Crippen LogP contribution is 2.33. The van der Waals surface area contributed by atoms with Crippen molar-refractivity contribution in [1.82, 2.24) is 14.5 Å². The summed E-state index contributed by atoms with van der Waals surface area (Å²) >= 11 is 0. The Hall–Kier alpha value is -1.35. The average Bonchev–Trinajstić information content (AvgIpc) is 3.01. The van der Waals surface area contributed by atoms with Crippen molar-refractivity contribution >= 4 is 10.0 Å². The zero-order chi connectivity index (χ0) is 16.4. The van der Waals surface area contributed by atoms with Gasteiger partial charge in [-0.25, -0.2) is 13.1 Å². The van der Waals surface area contributed by atoms with Crippen LogP contribution >= 0.6 is 0 Å². The van der Waals surface area contributed by atoms with Crippen LogP contribution in [0.25, 0.3) is 0 Å². The van der Waals surface area contributed by atoms with Gasteiger partial charge in [-0.3, -0.25) is 4.90 Å². The van der Waals surface area contributed by atoms with Crippen molar-refractivity contribution in [3.8, 4) is 11.5 Å². The van der Waals surface area contributed by atoms with Crippen LogP contribution in [0.4, 0.5) is 0 Å². The molecule has 2 aliphatic heterocycles. The molecule has 1 N–H and O–H groups in total. The minimum absolute atomic E-state index is 0.132. The zero-order valence-corrected chi connectivity index (χ0v) is 14.3. The summed E-state index contributed by atoms with van der Waals surface area (Å²) in [6, 6.07) is 4.83. The van der Waals surface area contributed by atoms with Gasteiger partial charge in [0.15, 0.2) is 11.5 Å². The predicted octanol–water partition coefficient (Wildman–Crippen LogP) is 0.330. The van der Waals surface area contributed by atoms with E-state index in [0.29, 0.717) is 18.0 Å². The van der Waals surface area contributed by atoms with E-state index in [0.717, 1.165) is 26.2 Å². The Morgan fingerprint density at radius 2 is 1.87 bits per heavy atom. The molecule has 0 bridgehead atoms. The fraction of sp³-hybridized carbons (Fsp3) is 0.600. The molecule has 0 aliphatic carbocycles. The third kappa shape index (κ3) is 3.77. The van der Waals surface area contributed by atoms with E-state index < -0.39 is 10.0 Å². The molecule has 0 aromatic heterocycles. The molecule has 1 aromatic carbocycles. The third-order valence-corrected chi connectivity index (χ3v) is 5.81. The molecular formula is C15H23N3O4S. The van der Waals surface area contributed by atoms with Gasteiger partial charge in [0.2, 0.25) is 16.8 Å². The van der Waals surface area contributed by atoms with Crippen molar-refractivity contribution in [1.29, 1.82) is 0 Å². The molecule has 7 nitrogen and oxygen atoms in total. The zero-order valence-electron chi connectivity index (χ0n) is 13.5. The van der Waals surface area contributed by atoms with Crippen LogP contribution in [0.15, 0.2) is 23.1 Å². The summed E-state index contributed by atoms with van der Waals surface area (Å²) in [4.78, 5) is 4.79. The molecule has 2 aliphatic rings. The highest BCUT2D eigenvalue weighted by molar-refractivity contribution is 7.89. The van der Waals surface area contributed by atoms with Gasteiger partial charge in [-0.1, -0.05) is 0 Å². The van der Waals surface area contributed by atoms with E-state index >= 15 is 0 Å². The number of piperazine rings is 1. The molecule has 0 unspecified atom stereocenters. The molecule has 0 saturated carbocycles. The van der Waals surface area contributed by atoms with Gasteiger partial charge in [0.05, 0.1) is 4.90 Å². The number of likely N-dealkylation sites (N-methyl/N-ethyl adjacent to an activating group) is 1. The molecule has 3 rings (SSSR count). The highest BCUT2D eigenvalue weighted by atomic mass is 32.2. The molecule has 1 atom stereocenters. The summed E-state index contributed by atoms with van der Waals surface area (Å²) in [5.41, 5.74) is 0. The van der Waals surface area contributed by atoms with Crippen molar-refractivity contribution < 1.29 is 17.9 Å². The summed E-state index contributed by atoms with van der Waals surface area (Å²) in [5, 5.41) is 0. The Kier molecular flexibility index (Phi) is 4.77. The van der Waals surface area contributed by atoms with Gasteiger partial charge in [-0.2, -0.15) is 0 Å². The first-order valence-corrected chi connectivity index (χ1v) is 9.26. The van der Waals surface area contributed by atoms with Crippen LogP contribution < -0.4 is 14.2 Å². The van der Waals surface area contributed by atoms with Gasteiger partial charge < -0.3 is 14.4 Å². The number of nitrogens with zero attached hydrogens (tertiary/aromatic N) is 2. The van der Waals surface area contributed by atoms with E-state index in [9.17, 15) is 8.42 Å². The van der Waals surface area contributed by atoms with E-state index in [1.165, 1.54) is 12.1 Å². The second-order valence-electron chi connectivity index (χ2n) is 6.06. The van der Waals surface area contributed by atoms with E-state index in [4.69, 9.17) is 9.47 Å². The van der Waals surface area contributed by atoms with Gasteiger partial charge in [-0.05, 0) is 26.1 Å². The number of fused-ring (bicyclic) bond motifs is 1. The summed E-state index contributed by atoms with van der Waals surface area (Å²) in [7, 11) is -1.45. The Morgan fingerprint density at radius 1 is 1.17 bits per heavy atom. The normalized spacial score (nSPS) is 20.6. The maximum Gasteiger partial charge on any atom is 0.240 e. The largest absolute Gasteiger partial charge is 0.454 e. The van der Waals surface area contributed by atoms with Gasteiger partial charge in [-0.15, -0.1) is 0 Å². The first-order chi connectivity index (χ1) is 11.0. The topological polar surface area (TPSA) is 71.1 Å². The highest BCUT2D eigenvalue weighted by Gasteiger charge is 2.23. The van der Waals surface area contributed by atoms with E-state index in [1.807, 2.05) is 6.92 Å². The Balaban J connectivity index is 1.60. The molecule has 8 heteroatoms. The van der Waals surface area contributed by atoms with E-state index in [2.05, 4.69) is 21.6 Å². The smallest absolute Gasteiger partial charge is 0.240 e. The minimum atomic E-state index is -3.55. The fourth-order valence-electron chi connectivity index (χ4n) is 2.75. The van der Waals surface area contributed by atoms with Crippen LogP contribution in [-0.2, 0) is 10.0 Å². The summed E-state index contributed by atoms with van der Waals surface area (Å²) in [6.07, 6.45) is 0. The first kappa shape index (κ1) is 16.5. The van der Waals surface area contributed by atoms with Gasteiger partial charge in [0.1, 0.15) is 0 Å². The Morgan fingerprint density at radius 3 is 2.61 bits per heavy atom. The molecule has 23 heavy (non-hydrogen) atoms. The lowest BCUT2D eigenvalue weighted by Crippen LogP contribution is -2.51. The summed E-state index contributed by atoms with van der Waals surface area (Å²) < 4.78 is 38.0. The maximum absolute atomic E-state index is 12.4. The van der Waals surface area contributed by atoms with Crippen molar-refractivity contribution in [3.63, 3.8) is 0 Å². The molecule has 0 radical (unpaired) electrons. The summed E-state index contributed by atoms with van der Waals surface area (Å²) in [6.45, 7) is 6.52.